The van der Waals surface area contributed by atoms with Gasteiger partial charge < -0.3 is 10.5 Å². The van der Waals surface area contributed by atoms with Crippen molar-refractivity contribution in [3.05, 3.63) is 69.6 Å². The van der Waals surface area contributed by atoms with E-state index in [1.807, 2.05) is 0 Å². The zero-order valence-electron chi connectivity index (χ0n) is 12.2. The van der Waals surface area contributed by atoms with Crippen molar-refractivity contribution in [2.24, 2.45) is 10.7 Å². The third kappa shape index (κ3) is 3.67. The van der Waals surface area contributed by atoms with Crippen LogP contribution in [0.15, 0.2) is 58.4 Å². The largest absolute Gasteiger partial charge is 0.422 e. The van der Waals surface area contributed by atoms with Gasteiger partial charge >= 0.3 is 5.97 Å². The van der Waals surface area contributed by atoms with Crippen molar-refractivity contribution in [2.75, 3.05) is 0 Å². The lowest BCUT2D eigenvalue weighted by atomic mass is 10.1. The first-order valence-electron chi connectivity index (χ1n) is 6.88. The first-order chi connectivity index (χ1) is 11.5. The molecule has 0 aliphatic carbocycles. The van der Waals surface area contributed by atoms with Gasteiger partial charge in [0.05, 0.1) is 10.5 Å². The monoisotopic (exact) mass is 358 g/mol. The van der Waals surface area contributed by atoms with Crippen LogP contribution >= 0.6 is 23.4 Å². The molecule has 0 saturated carbocycles. The minimum absolute atomic E-state index is 0.196. The molecular formula is C17H11ClN2O3S. The molecule has 3 rings (SSSR count). The molecular weight excluding hydrogens is 348 g/mol. The second-order valence-corrected chi connectivity index (χ2v) is 6.30. The van der Waals surface area contributed by atoms with E-state index in [0.29, 0.717) is 26.8 Å². The zero-order valence-corrected chi connectivity index (χ0v) is 13.8. The molecule has 1 aliphatic rings. The van der Waals surface area contributed by atoms with Crippen LogP contribution in [0.4, 0.5) is 0 Å². The van der Waals surface area contributed by atoms with E-state index in [1.165, 1.54) is 0 Å². The lowest BCUT2D eigenvalue weighted by molar-refractivity contribution is -0.113. The van der Waals surface area contributed by atoms with Crippen LogP contribution in [-0.4, -0.2) is 17.0 Å². The van der Waals surface area contributed by atoms with Crippen molar-refractivity contribution in [3.63, 3.8) is 0 Å². The lowest BCUT2D eigenvalue weighted by Gasteiger charge is -2.08. The maximum absolute atomic E-state index is 12.2. The fourth-order valence-corrected chi connectivity index (χ4v) is 2.80. The maximum Gasteiger partial charge on any atom is 0.343 e. The fourth-order valence-electron chi connectivity index (χ4n) is 2.00. The number of benzene rings is 2. The van der Waals surface area contributed by atoms with Crippen LogP contribution in [0, 0.1) is 0 Å². The SMILES string of the molecule is NC1=NC(=O)/C(=C/c2ccccc2OC(=O)c2ccc(Cl)cc2)S1. The number of thioether (sulfide) groups is 1. The van der Waals surface area contributed by atoms with E-state index in [4.69, 9.17) is 22.1 Å². The smallest absolute Gasteiger partial charge is 0.343 e. The number of nitrogens with two attached hydrogens (primary N) is 1. The van der Waals surface area contributed by atoms with Crippen LogP contribution in [0.1, 0.15) is 15.9 Å². The second kappa shape index (κ2) is 6.90. The number of hydrogen-bond acceptors (Lipinski definition) is 5. The molecule has 0 unspecified atom stereocenters. The number of amides is 1. The Morgan fingerprint density at radius 1 is 1.17 bits per heavy atom. The molecule has 2 aromatic rings. The van der Waals surface area contributed by atoms with Gasteiger partial charge in [-0.15, -0.1) is 0 Å². The van der Waals surface area contributed by atoms with E-state index in [2.05, 4.69) is 4.99 Å². The van der Waals surface area contributed by atoms with Crippen LogP contribution in [0.2, 0.25) is 5.02 Å². The summed E-state index contributed by atoms with van der Waals surface area (Å²) in [5.41, 5.74) is 6.49. The van der Waals surface area contributed by atoms with Crippen molar-refractivity contribution >= 4 is 46.5 Å². The van der Waals surface area contributed by atoms with Crippen molar-refractivity contribution in [1.29, 1.82) is 0 Å². The third-order valence-corrected chi connectivity index (χ3v) is 4.19. The number of esters is 1. The van der Waals surface area contributed by atoms with Gasteiger partial charge in [-0.05, 0) is 48.2 Å². The number of amidine groups is 1. The van der Waals surface area contributed by atoms with Crippen LogP contribution in [0.5, 0.6) is 5.75 Å². The molecule has 0 radical (unpaired) electrons. The van der Waals surface area contributed by atoms with E-state index < -0.39 is 11.9 Å². The third-order valence-electron chi connectivity index (χ3n) is 3.13. The number of nitrogens with zero attached hydrogens (tertiary/aromatic N) is 1. The lowest BCUT2D eigenvalue weighted by Crippen LogP contribution is -2.09. The molecule has 7 heteroatoms. The topological polar surface area (TPSA) is 81.8 Å². The minimum Gasteiger partial charge on any atom is -0.422 e. The number of carbonyl (C=O) groups excluding carboxylic acids is 2. The van der Waals surface area contributed by atoms with Crippen molar-refractivity contribution in [1.82, 2.24) is 0 Å². The number of aliphatic imine (C=N–C) groups is 1. The van der Waals surface area contributed by atoms with Gasteiger partial charge in [0.15, 0.2) is 5.17 Å². The molecule has 0 fully saturated rings. The normalized spacial score (nSPS) is 15.5. The zero-order chi connectivity index (χ0) is 17.1. The molecule has 120 valence electrons. The van der Waals surface area contributed by atoms with Gasteiger partial charge in [-0.25, -0.2) is 4.79 Å². The van der Waals surface area contributed by atoms with E-state index in [1.54, 1.807) is 54.6 Å². The predicted octanol–water partition coefficient (Wildman–Crippen LogP) is 3.49. The number of hydrogen-bond donors (Lipinski definition) is 1. The van der Waals surface area contributed by atoms with Gasteiger partial charge in [0, 0.05) is 10.6 Å². The summed E-state index contributed by atoms with van der Waals surface area (Å²) in [7, 11) is 0. The van der Waals surface area contributed by atoms with Crippen molar-refractivity contribution < 1.29 is 14.3 Å². The Hall–Kier alpha value is -2.57. The van der Waals surface area contributed by atoms with E-state index in [9.17, 15) is 9.59 Å². The molecule has 0 aromatic heterocycles. The first kappa shape index (κ1) is 16.3. The fraction of sp³-hybridized carbons (Fsp3) is 0. The van der Waals surface area contributed by atoms with Gasteiger partial charge in [0.1, 0.15) is 5.75 Å². The Morgan fingerprint density at radius 2 is 1.88 bits per heavy atom. The van der Waals surface area contributed by atoms with Gasteiger partial charge in [-0.2, -0.15) is 4.99 Å². The summed E-state index contributed by atoms with van der Waals surface area (Å²) in [5, 5.41) is 0.730. The average molecular weight is 359 g/mol. The van der Waals surface area contributed by atoms with Gasteiger partial charge in [0.25, 0.3) is 5.91 Å². The Labute approximate surface area is 147 Å². The Bertz CT molecular complexity index is 876. The molecule has 2 aromatic carbocycles. The Kier molecular flexibility index (Phi) is 4.69. The molecule has 1 heterocycles. The van der Waals surface area contributed by atoms with Crippen molar-refractivity contribution in [3.8, 4) is 5.75 Å². The van der Waals surface area contributed by atoms with Crippen LogP contribution in [-0.2, 0) is 4.79 Å². The molecule has 1 amide bonds. The van der Waals surface area contributed by atoms with Gasteiger partial charge in [-0.3, -0.25) is 4.79 Å². The van der Waals surface area contributed by atoms with Crippen LogP contribution < -0.4 is 10.5 Å². The van der Waals surface area contributed by atoms with Gasteiger partial charge in [-0.1, -0.05) is 29.8 Å². The van der Waals surface area contributed by atoms with E-state index in [0.717, 1.165) is 11.8 Å². The predicted molar refractivity (Wildman–Crippen MR) is 95.0 cm³/mol. The number of halogens is 1. The summed E-state index contributed by atoms with van der Waals surface area (Å²) in [6, 6.07) is 13.3. The number of para-hydroxylation sites is 1. The first-order valence-corrected chi connectivity index (χ1v) is 8.07. The van der Waals surface area contributed by atoms with Gasteiger partial charge in [0.2, 0.25) is 0 Å². The molecule has 0 spiro atoms. The molecule has 5 nitrogen and oxygen atoms in total. The summed E-state index contributed by atoms with van der Waals surface area (Å²) >= 11 is 6.89. The van der Waals surface area contributed by atoms with Crippen LogP contribution in [0.25, 0.3) is 6.08 Å². The highest BCUT2D eigenvalue weighted by Gasteiger charge is 2.20. The molecule has 2 N–H and O–H groups in total. The standard InChI is InChI=1S/C17H11ClN2O3S/c18-12-7-5-10(6-8-12)16(22)23-13-4-2-1-3-11(13)9-14-15(21)20-17(19)24-14/h1-9H,(H2,19,20,21)/b14-9-. The summed E-state index contributed by atoms with van der Waals surface area (Å²) < 4.78 is 5.43. The number of ether oxygens (including phenoxy) is 1. The quantitative estimate of drug-likeness (QED) is 0.516. The second-order valence-electron chi connectivity index (χ2n) is 4.80. The molecule has 0 saturated heterocycles. The molecule has 0 bridgehead atoms. The highest BCUT2D eigenvalue weighted by Crippen LogP contribution is 2.30. The van der Waals surface area contributed by atoms with Crippen molar-refractivity contribution in [2.45, 2.75) is 0 Å². The summed E-state index contributed by atoms with van der Waals surface area (Å²) in [6.45, 7) is 0. The maximum atomic E-state index is 12.2. The molecule has 0 atom stereocenters. The number of carbonyl (C=O) groups is 2. The number of rotatable bonds is 3. The summed E-state index contributed by atoms with van der Waals surface area (Å²) in [6.07, 6.45) is 1.60. The van der Waals surface area contributed by atoms with Crippen LogP contribution in [0.3, 0.4) is 0 Å². The minimum atomic E-state index is -0.515. The molecule has 24 heavy (non-hydrogen) atoms. The summed E-state index contributed by atoms with van der Waals surface area (Å²) in [5.74, 6) is -0.584. The Morgan fingerprint density at radius 3 is 2.54 bits per heavy atom. The van der Waals surface area contributed by atoms with E-state index in [-0.39, 0.29) is 5.17 Å². The molecule has 1 aliphatic heterocycles. The highest BCUT2D eigenvalue weighted by molar-refractivity contribution is 8.18. The summed E-state index contributed by atoms with van der Waals surface area (Å²) in [4.78, 5) is 27.9. The average Bonchev–Trinajstić information content (AvgIpc) is 2.87. The highest BCUT2D eigenvalue weighted by atomic mass is 35.5. The Balaban J connectivity index is 1.85. The van der Waals surface area contributed by atoms with E-state index >= 15 is 0 Å².